The smallest absolute Gasteiger partial charge is 0.255 e. The summed E-state index contributed by atoms with van der Waals surface area (Å²) in [5.74, 6) is -0.133. The van der Waals surface area contributed by atoms with Gasteiger partial charge in [0.15, 0.2) is 0 Å². The van der Waals surface area contributed by atoms with Crippen molar-refractivity contribution in [3.63, 3.8) is 0 Å². The normalized spacial score (nSPS) is 9.89. The van der Waals surface area contributed by atoms with Gasteiger partial charge in [-0.25, -0.2) is 0 Å². The predicted octanol–water partition coefficient (Wildman–Crippen LogP) is 2.40. The fourth-order valence-electron chi connectivity index (χ4n) is 1.57. The minimum Gasteiger partial charge on any atom is -0.378 e. The first-order valence-electron chi connectivity index (χ1n) is 5.65. The highest BCUT2D eigenvalue weighted by atomic mass is 16.1. The topological polar surface area (TPSA) is 45.2 Å². The number of amides is 1. The molecule has 2 aromatic rings. The lowest BCUT2D eigenvalue weighted by Gasteiger charge is -2.13. The molecule has 92 valence electrons. The van der Waals surface area contributed by atoms with Crippen molar-refractivity contribution < 1.29 is 4.79 Å². The van der Waals surface area contributed by atoms with E-state index in [2.05, 4.69) is 10.3 Å². The number of hydrogen-bond donors (Lipinski definition) is 1. The maximum absolute atomic E-state index is 12.0. The number of carbonyl (C=O) groups excluding carboxylic acids is 1. The predicted molar refractivity (Wildman–Crippen MR) is 73.0 cm³/mol. The standard InChI is InChI=1S/C14H15N3O/c1-17(2)13-7-3-5-11(9-13)14(18)16-12-6-4-8-15-10-12/h3-10H,1-2H3,(H,16,18). The van der Waals surface area contributed by atoms with Crippen LogP contribution in [0.2, 0.25) is 0 Å². The number of anilines is 2. The molecule has 1 aromatic heterocycles. The van der Waals surface area contributed by atoms with E-state index in [-0.39, 0.29) is 5.91 Å². The molecule has 18 heavy (non-hydrogen) atoms. The van der Waals surface area contributed by atoms with Gasteiger partial charge in [0.1, 0.15) is 0 Å². The Morgan fingerprint density at radius 3 is 2.72 bits per heavy atom. The van der Waals surface area contributed by atoms with E-state index in [1.807, 2.05) is 37.2 Å². The zero-order valence-electron chi connectivity index (χ0n) is 10.4. The van der Waals surface area contributed by atoms with Crippen molar-refractivity contribution in [2.75, 3.05) is 24.3 Å². The minimum absolute atomic E-state index is 0.133. The molecule has 4 heteroatoms. The molecule has 0 spiro atoms. The van der Waals surface area contributed by atoms with Crippen LogP contribution >= 0.6 is 0 Å². The van der Waals surface area contributed by atoms with Crippen molar-refractivity contribution in [1.82, 2.24) is 4.98 Å². The van der Waals surface area contributed by atoms with Gasteiger partial charge in [-0.1, -0.05) is 6.07 Å². The fraction of sp³-hybridized carbons (Fsp3) is 0.143. The summed E-state index contributed by atoms with van der Waals surface area (Å²) in [5.41, 5.74) is 2.32. The lowest BCUT2D eigenvalue weighted by atomic mass is 10.2. The first-order chi connectivity index (χ1) is 8.66. The van der Waals surface area contributed by atoms with Crippen LogP contribution in [0.1, 0.15) is 10.4 Å². The van der Waals surface area contributed by atoms with Crippen LogP contribution in [0.25, 0.3) is 0 Å². The average molecular weight is 241 g/mol. The molecule has 0 saturated heterocycles. The highest BCUT2D eigenvalue weighted by Gasteiger charge is 2.07. The van der Waals surface area contributed by atoms with Crippen molar-refractivity contribution in [1.29, 1.82) is 0 Å². The molecule has 0 aliphatic rings. The zero-order valence-corrected chi connectivity index (χ0v) is 10.4. The van der Waals surface area contributed by atoms with Crippen LogP contribution in [0.3, 0.4) is 0 Å². The first-order valence-corrected chi connectivity index (χ1v) is 5.65. The van der Waals surface area contributed by atoms with Crippen LogP contribution in [0.4, 0.5) is 11.4 Å². The second kappa shape index (κ2) is 5.31. The summed E-state index contributed by atoms with van der Waals surface area (Å²) in [6.45, 7) is 0. The van der Waals surface area contributed by atoms with Crippen LogP contribution in [-0.2, 0) is 0 Å². The summed E-state index contributed by atoms with van der Waals surface area (Å²) < 4.78 is 0. The quantitative estimate of drug-likeness (QED) is 0.897. The molecule has 0 radical (unpaired) electrons. The molecule has 2 rings (SSSR count). The summed E-state index contributed by atoms with van der Waals surface area (Å²) in [5, 5.41) is 2.80. The van der Waals surface area contributed by atoms with E-state index in [4.69, 9.17) is 0 Å². The molecule has 0 aliphatic carbocycles. The Kier molecular flexibility index (Phi) is 3.57. The van der Waals surface area contributed by atoms with Crippen molar-refractivity contribution >= 4 is 17.3 Å². The number of nitrogens with one attached hydrogen (secondary N) is 1. The van der Waals surface area contributed by atoms with Crippen LogP contribution in [-0.4, -0.2) is 25.0 Å². The van der Waals surface area contributed by atoms with Gasteiger partial charge in [0, 0.05) is 31.5 Å². The zero-order chi connectivity index (χ0) is 13.0. The highest BCUT2D eigenvalue weighted by Crippen LogP contribution is 2.14. The number of rotatable bonds is 3. The van der Waals surface area contributed by atoms with Gasteiger partial charge in [0.25, 0.3) is 5.91 Å². The van der Waals surface area contributed by atoms with Gasteiger partial charge in [0.2, 0.25) is 0 Å². The van der Waals surface area contributed by atoms with Gasteiger partial charge < -0.3 is 10.2 Å². The summed E-state index contributed by atoms with van der Waals surface area (Å²) in [6.07, 6.45) is 3.29. The number of pyridine rings is 1. The van der Waals surface area contributed by atoms with Gasteiger partial charge >= 0.3 is 0 Å². The minimum atomic E-state index is -0.133. The summed E-state index contributed by atoms with van der Waals surface area (Å²) in [6, 6.07) is 11.1. The Morgan fingerprint density at radius 1 is 1.22 bits per heavy atom. The Hall–Kier alpha value is -2.36. The van der Waals surface area contributed by atoms with Gasteiger partial charge in [-0.15, -0.1) is 0 Å². The van der Waals surface area contributed by atoms with Gasteiger partial charge in [-0.05, 0) is 30.3 Å². The largest absolute Gasteiger partial charge is 0.378 e. The third-order valence-electron chi connectivity index (χ3n) is 2.54. The Bertz CT molecular complexity index is 538. The number of benzene rings is 1. The van der Waals surface area contributed by atoms with Gasteiger partial charge in [-0.3, -0.25) is 9.78 Å². The van der Waals surface area contributed by atoms with E-state index in [9.17, 15) is 4.79 Å². The molecule has 1 amide bonds. The summed E-state index contributed by atoms with van der Waals surface area (Å²) >= 11 is 0. The van der Waals surface area contributed by atoms with Gasteiger partial charge in [0.05, 0.1) is 11.9 Å². The van der Waals surface area contributed by atoms with Crippen LogP contribution in [0, 0.1) is 0 Å². The van der Waals surface area contributed by atoms with Crippen molar-refractivity contribution in [3.8, 4) is 0 Å². The molecular formula is C14H15N3O. The number of aromatic nitrogens is 1. The second-order valence-electron chi connectivity index (χ2n) is 4.14. The molecule has 1 aromatic carbocycles. The van der Waals surface area contributed by atoms with E-state index in [0.717, 1.165) is 5.69 Å². The maximum atomic E-state index is 12.0. The molecule has 0 saturated carbocycles. The molecule has 1 N–H and O–H groups in total. The number of carbonyl (C=O) groups is 1. The van der Waals surface area contributed by atoms with Crippen LogP contribution in [0.15, 0.2) is 48.8 Å². The molecule has 0 fully saturated rings. The Morgan fingerprint density at radius 2 is 2.06 bits per heavy atom. The van der Waals surface area contributed by atoms with Crippen LogP contribution in [0.5, 0.6) is 0 Å². The van der Waals surface area contributed by atoms with E-state index in [1.54, 1.807) is 30.6 Å². The lowest BCUT2D eigenvalue weighted by Crippen LogP contribution is -2.14. The number of hydrogen-bond acceptors (Lipinski definition) is 3. The SMILES string of the molecule is CN(C)c1cccc(C(=O)Nc2cccnc2)c1. The van der Waals surface area contributed by atoms with E-state index >= 15 is 0 Å². The molecule has 0 unspecified atom stereocenters. The Balaban J connectivity index is 2.16. The molecule has 1 heterocycles. The fourth-order valence-corrected chi connectivity index (χ4v) is 1.57. The van der Waals surface area contributed by atoms with E-state index in [1.165, 1.54) is 0 Å². The molecule has 0 aliphatic heterocycles. The molecule has 0 bridgehead atoms. The van der Waals surface area contributed by atoms with Crippen LogP contribution < -0.4 is 10.2 Å². The lowest BCUT2D eigenvalue weighted by molar-refractivity contribution is 0.102. The molecule has 4 nitrogen and oxygen atoms in total. The highest BCUT2D eigenvalue weighted by molar-refractivity contribution is 6.04. The molecule has 0 atom stereocenters. The number of nitrogens with zero attached hydrogens (tertiary/aromatic N) is 2. The maximum Gasteiger partial charge on any atom is 0.255 e. The van der Waals surface area contributed by atoms with E-state index in [0.29, 0.717) is 11.3 Å². The van der Waals surface area contributed by atoms with Gasteiger partial charge in [-0.2, -0.15) is 0 Å². The summed E-state index contributed by atoms with van der Waals surface area (Å²) in [7, 11) is 3.89. The van der Waals surface area contributed by atoms with Crippen molar-refractivity contribution in [2.24, 2.45) is 0 Å². The van der Waals surface area contributed by atoms with Crippen molar-refractivity contribution in [3.05, 3.63) is 54.4 Å². The third-order valence-corrected chi connectivity index (χ3v) is 2.54. The van der Waals surface area contributed by atoms with E-state index < -0.39 is 0 Å². The average Bonchev–Trinajstić information content (AvgIpc) is 2.40. The molecular weight excluding hydrogens is 226 g/mol. The summed E-state index contributed by atoms with van der Waals surface area (Å²) in [4.78, 5) is 17.9. The second-order valence-corrected chi connectivity index (χ2v) is 4.14. The van der Waals surface area contributed by atoms with Crippen molar-refractivity contribution in [2.45, 2.75) is 0 Å². The monoisotopic (exact) mass is 241 g/mol. The first kappa shape index (κ1) is 12.1. The third kappa shape index (κ3) is 2.85. The Labute approximate surface area is 106 Å².